The number of nitro benzene ring substituents is 1. The van der Waals surface area contributed by atoms with E-state index in [1.807, 2.05) is 0 Å². The van der Waals surface area contributed by atoms with Crippen LogP contribution in [-0.2, 0) is 0 Å². The van der Waals surface area contributed by atoms with Gasteiger partial charge in [0.05, 0.1) is 10.6 Å². The van der Waals surface area contributed by atoms with Gasteiger partial charge in [-0.15, -0.1) is 0 Å². The summed E-state index contributed by atoms with van der Waals surface area (Å²) in [5.41, 5.74) is 3.80. The van der Waals surface area contributed by atoms with Crippen molar-refractivity contribution in [3.63, 3.8) is 0 Å². The molecule has 2 atom stereocenters. The van der Waals surface area contributed by atoms with Crippen LogP contribution in [0.4, 0.5) is 17.1 Å². The van der Waals surface area contributed by atoms with Crippen molar-refractivity contribution in [3.8, 4) is 0 Å². The maximum Gasteiger partial charge on any atom is 0.273 e. The van der Waals surface area contributed by atoms with Crippen LogP contribution in [-0.4, -0.2) is 11.0 Å². The molecule has 1 aliphatic rings. The Morgan fingerprint density at radius 1 is 1.26 bits per heavy atom. The SMILES string of the molecule is CC1CCCCC1Nc1cc(NN)cc([N+](=O)[O-])c1. The molecule has 0 heterocycles. The highest BCUT2D eigenvalue weighted by molar-refractivity contribution is 5.63. The molecule has 0 amide bonds. The standard InChI is InChI=1S/C13H20N4O2/c1-9-4-2-3-5-13(9)15-10-6-11(16-14)8-12(7-10)17(18)19/h6-9,13,15-16H,2-5,14H2,1H3. The average molecular weight is 264 g/mol. The van der Waals surface area contributed by atoms with E-state index in [4.69, 9.17) is 5.84 Å². The second-order valence-corrected chi connectivity index (χ2v) is 5.18. The Labute approximate surface area is 112 Å². The lowest BCUT2D eigenvalue weighted by molar-refractivity contribution is -0.384. The fourth-order valence-electron chi connectivity index (χ4n) is 2.63. The van der Waals surface area contributed by atoms with E-state index in [2.05, 4.69) is 17.7 Å². The minimum atomic E-state index is -0.406. The number of nitrogen functional groups attached to an aromatic ring is 1. The van der Waals surface area contributed by atoms with Gasteiger partial charge in [-0.1, -0.05) is 19.8 Å². The number of hydrogen-bond donors (Lipinski definition) is 3. The summed E-state index contributed by atoms with van der Waals surface area (Å²) in [5.74, 6) is 5.93. The molecular weight excluding hydrogens is 244 g/mol. The zero-order chi connectivity index (χ0) is 13.8. The van der Waals surface area contributed by atoms with Crippen LogP contribution < -0.4 is 16.6 Å². The Bertz CT molecular complexity index is 464. The number of nitro groups is 1. The summed E-state index contributed by atoms with van der Waals surface area (Å²) in [6, 6.07) is 5.16. The summed E-state index contributed by atoms with van der Waals surface area (Å²) >= 11 is 0. The van der Waals surface area contributed by atoms with Crippen molar-refractivity contribution in [2.45, 2.75) is 38.6 Å². The van der Waals surface area contributed by atoms with Crippen molar-refractivity contribution in [1.82, 2.24) is 0 Å². The van der Waals surface area contributed by atoms with Crippen molar-refractivity contribution in [2.75, 3.05) is 10.7 Å². The molecule has 6 heteroatoms. The fraction of sp³-hybridized carbons (Fsp3) is 0.538. The number of nitrogens with zero attached hydrogens (tertiary/aromatic N) is 1. The van der Waals surface area contributed by atoms with Crippen molar-refractivity contribution in [1.29, 1.82) is 0 Å². The van der Waals surface area contributed by atoms with Crippen LogP contribution in [0, 0.1) is 16.0 Å². The molecule has 0 radical (unpaired) electrons. The van der Waals surface area contributed by atoms with Gasteiger partial charge in [0, 0.05) is 23.9 Å². The summed E-state index contributed by atoms with van der Waals surface area (Å²) in [5, 5.41) is 14.3. The van der Waals surface area contributed by atoms with Crippen LogP contribution in [0.3, 0.4) is 0 Å². The molecule has 2 unspecified atom stereocenters. The maximum atomic E-state index is 10.9. The summed E-state index contributed by atoms with van der Waals surface area (Å²) in [6.45, 7) is 2.22. The van der Waals surface area contributed by atoms with E-state index in [9.17, 15) is 10.1 Å². The monoisotopic (exact) mass is 264 g/mol. The van der Waals surface area contributed by atoms with Gasteiger partial charge in [0.1, 0.15) is 0 Å². The van der Waals surface area contributed by atoms with Crippen LogP contribution >= 0.6 is 0 Å². The first-order valence-corrected chi connectivity index (χ1v) is 6.63. The van der Waals surface area contributed by atoms with Crippen LogP contribution in [0.1, 0.15) is 32.6 Å². The molecule has 0 spiro atoms. The van der Waals surface area contributed by atoms with Crippen molar-refractivity contribution >= 4 is 17.1 Å². The third-order valence-corrected chi connectivity index (χ3v) is 3.76. The van der Waals surface area contributed by atoms with E-state index < -0.39 is 4.92 Å². The Morgan fingerprint density at radius 3 is 2.58 bits per heavy atom. The third kappa shape index (κ3) is 3.35. The lowest BCUT2D eigenvalue weighted by Gasteiger charge is -2.30. The molecule has 0 saturated heterocycles. The van der Waals surface area contributed by atoms with Gasteiger partial charge in [-0.2, -0.15) is 0 Å². The largest absolute Gasteiger partial charge is 0.382 e. The van der Waals surface area contributed by atoms with E-state index >= 15 is 0 Å². The molecule has 0 bridgehead atoms. The summed E-state index contributed by atoms with van der Waals surface area (Å²) in [6.07, 6.45) is 4.78. The van der Waals surface area contributed by atoms with E-state index in [0.717, 1.165) is 12.1 Å². The van der Waals surface area contributed by atoms with Crippen molar-refractivity contribution in [2.24, 2.45) is 11.8 Å². The smallest absolute Gasteiger partial charge is 0.273 e. The number of nitrogens with two attached hydrogens (primary N) is 1. The highest BCUT2D eigenvalue weighted by Gasteiger charge is 2.21. The number of anilines is 2. The van der Waals surface area contributed by atoms with Gasteiger partial charge in [-0.25, -0.2) is 0 Å². The normalized spacial score (nSPS) is 22.8. The number of non-ortho nitro benzene ring substituents is 1. The molecule has 19 heavy (non-hydrogen) atoms. The second-order valence-electron chi connectivity index (χ2n) is 5.18. The quantitative estimate of drug-likeness (QED) is 0.441. The molecule has 2 rings (SSSR count). The Hall–Kier alpha value is -1.82. The molecule has 4 N–H and O–H groups in total. The second kappa shape index (κ2) is 5.88. The van der Waals surface area contributed by atoms with Gasteiger partial charge < -0.3 is 10.7 Å². The number of nitrogens with one attached hydrogen (secondary N) is 2. The zero-order valence-corrected chi connectivity index (χ0v) is 11.1. The molecule has 1 fully saturated rings. The first-order chi connectivity index (χ1) is 9.10. The molecule has 0 aromatic heterocycles. The molecule has 1 aromatic rings. The summed E-state index contributed by atoms with van der Waals surface area (Å²) < 4.78 is 0. The van der Waals surface area contributed by atoms with Gasteiger partial charge in [-0.3, -0.25) is 16.0 Å². The first kappa shape index (κ1) is 13.6. The van der Waals surface area contributed by atoms with E-state index in [-0.39, 0.29) is 5.69 Å². The molecule has 104 valence electrons. The van der Waals surface area contributed by atoms with Gasteiger partial charge in [0.25, 0.3) is 5.69 Å². The van der Waals surface area contributed by atoms with Crippen LogP contribution in [0.2, 0.25) is 0 Å². The Balaban J connectivity index is 2.18. The molecule has 1 aromatic carbocycles. The zero-order valence-electron chi connectivity index (χ0n) is 11.1. The van der Waals surface area contributed by atoms with Gasteiger partial charge in [0.15, 0.2) is 0 Å². The van der Waals surface area contributed by atoms with E-state index in [0.29, 0.717) is 17.6 Å². The predicted molar refractivity (Wildman–Crippen MR) is 75.9 cm³/mol. The highest BCUT2D eigenvalue weighted by Crippen LogP contribution is 2.29. The Morgan fingerprint density at radius 2 is 1.95 bits per heavy atom. The van der Waals surface area contributed by atoms with E-state index in [1.54, 1.807) is 12.1 Å². The summed E-state index contributed by atoms with van der Waals surface area (Å²) in [7, 11) is 0. The summed E-state index contributed by atoms with van der Waals surface area (Å²) in [4.78, 5) is 10.5. The number of rotatable bonds is 4. The minimum absolute atomic E-state index is 0.0430. The van der Waals surface area contributed by atoms with Crippen LogP contribution in [0.5, 0.6) is 0 Å². The molecule has 6 nitrogen and oxygen atoms in total. The number of hydrazine groups is 1. The third-order valence-electron chi connectivity index (χ3n) is 3.76. The van der Waals surface area contributed by atoms with E-state index in [1.165, 1.54) is 25.3 Å². The van der Waals surface area contributed by atoms with Crippen molar-refractivity contribution < 1.29 is 4.92 Å². The molecule has 1 aliphatic carbocycles. The van der Waals surface area contributed by atoms with Crippen LogP contribution in [0.25, 0.3) is 0 Å². The maximum absolute atomic E-state index is 10.9. The minimum Gasteiger partial charge on any atom is -0.382 e. The van der Waals surface area contributed by atoms with Crippen LogP contribution in [0.15, 0.2) is 18.2 Å². The van der Waals surface area contributed by atoms with Gasteiger partial charge in [0.2, 0.25) is 0 Å². The highest BCUT2D eigenvalue weighted by atomic mass is 16.6. The topological polar surface area (TPSA) is 93.2 Å². The Kier molecular flexibility index (Phi) is 4.21. The lowest BCUT2D eigenvalue weighted by atomic mass is 9.86. The predicted octanol–water partition coefficient (Wildman–Crippen LogP) is 2.87. The molecule has 1 saturated carbocycles. The van der Waals surface area contributed by atoms with Gasteiger partial charge >= 0.3 is 0 Å². The lowest BCUT2D eigenvalue weighted by Crippen LogP contribution is -2.30. The first-order valence-electron chi connectivity index (χ1n) is 6.63. The molecular formula is C13H20N4O2. The molecule has 0 aliphatic heterocycles. The number of hydrogen-bond acceptors (Lipinski definition) is 5. The van der Waals surface area contributed by atoms with Crippen molar-refractivity contribution in [3.05, 3.63) is 28.3 Å². The number of benzene rings is 1. The average Bonchev–Trinajstić information content (AvgIpc) is 2.41. The van der Waals surface area contributed by atoms with Gasteiger partial charge in [-0.05, 0) is 24.8 Å². The fourth-order valence-corrected chi connectivity index (χ4v) is 2.63.